The number of likely N-dealkylation sites (N-methyl/N-ethyl adjacent to an activating group) is 2. The first-order chi connectivity index (χ1) is 20.2. The van der Waals surface area contributed by atoms with Crippen molar-refractivity contribution in [1.82, 2.24) is 40.6 Å². The Hall–Kier alpha value is -4.65. The van der Waals surface area contributed by atoms with Gasteiger partial charge in [-0.05, 0) is 58.1 Å². The molecule has 13 nitrogen and oxygen atoms in total. The van der Waals surface area contributed by atoms with Crippen molar-refractivity contribution in [2.24, 2.45) is 0 Å². The van der Waals surface area contributed by atoms with Crippen LogP contribution in [0.5, 0.6) is 0 Å². The lowest BCUT2D eigenvalue weighted by molar-refractivity contribution is -0.135. The van der Waals surface area contributed by atoms with Gasteiger partial charge in [-0.1, -0.05) is 13.0 Å². The quantitative estimate of drug-likeness (QED) is 0.156. The standard InChI is InChI=1S/C29H40N10O3/c1-6-13-30-26-23(19-33-29(36-26)35-22-10-11-24-21(18-22)12-16-34-37-24)28(42)32-15-8-14-31-27(41)20(2)39(5)25(40)9-7-17-38(3)4/h7,9-12,16,18-20H,6,8,13-15,17H2,1-5H3,(H,31,41)(H,32,42)(H2,30,33,35,36)/t20-/m0/s1. The van der Waals surface area contributed by atoms with E-state index in [1.54, 1.807) is 26.2 Å². The molecule has 0 radical (unpaired) electrons. The maximum Gasteiger partial charge on any atom is 0.256 e. The van der Waals surface area contributed by atoms with Crippen molar-refractivity contribution in [3.8, 4) is 0 Å². The minimum absolute atomic E-state index is 0.241. The number of hydrogen-bond donors (Lipinski definition) is 4. The minimum Gasteiger partial charge on any atom is -0.369 e. The number of nitrogens with one attached hydrogen (secondary N) is 4. The van der Waals surface area contributed by atoms with Crippen LogP contribution in [0.2, 0.25) is 0 Å². The highest BCUT2D eigenvalue weighted by molar-refractivity contribution is 5.98. The van der Waals surface area contributed by atoms with Crippen LogP contribution in [0.4, 0.5) is 17.5 Å². The molecule has 224 valence electrons. The van der Waals surface area contributed by atoms with Gasteiger partial charge in [-0.2, -0.15) is 15.2 Å². The highest BCUT2D eigenvalue weighted by Crippen LogP contribution is 2.21. The molecule has 1 aromatic carbocycles. The summed E-state index contributed by atoms with van der Waals surface area (Å²) in [5.41, 5.74) is 1.88. The summed E-state index contributed by atoms with van der Waals surface area (Å²) >= 11 is 0. The van der Waals surface area contributed by atoms with Crippen molar-refractivity contribution in [2.75, 3.05) is 58.0 Å². The van der Waals surface area contributed by atoms with E-state index in [1.807, 2.05) is 50.2 Å². The molecule has 0 bridgehead atoms. The van der Waals surface area contributed by atoms with E-state index in [2.05, 4.69) is 41.4 Å². The van der Waals surface area contributed by atoms with Gasteiger partial charge in [0.05, 0.1) is 11.7 Å². The topological polar surface area (TPSA) is 157 Å². The third kappa shape index (κ3) is 9.47. The van der Waals surface area contributed by atoms with Gasteiger partial charge in [0.1, 0.15) is 17.4 Å². The predicted octanol–water partition coefficient (Wildman–Crippen LogP) is 2.19. The summed E-state index contributed by atoms with van der Waals surface area (Å²) in [7, 11) is 5.41. The summed E-state index contributed by atoms with van der Waals surface area (Å²) in [6.45, 7) is 5.65. The van der Waals surface area contributed by atoms with Crippen molar-refractivity contribution >= 4 is 46.1 Å². The van der Waals surface area contributed by atoms with Gasteiger partial charge in [0.15, 0.2) is 0 Å². The molecule has 0 unspecified atom stereocenters. The summed E-state index contributed by atoms with van der Waals surface area (Å²) in [5, 5.41) is 21.0. The molecular weight excluding hydrogens is 536 g/mol. The highest BCUT2D eigenvalue weighted by atomic mass is 16.2. The van der Waals surface area contributed by atoms with Gasteiger partial charge in [-0.3, -0.25) is 14.4 Å². The van der Waals surface area contributed by atoms with Crippen LogP contribution >= 0.6 is 0 Å². The van der Waals surface area contributed by atoms with Gasteiger partial charge >= 0.3 is 0 Å². The summed E-state index contributed by atoms with van der Waals surface area (Å²) in [4.78, 5) is 49.9. The minimum atomic E-state index is -0.629. The normalized spacial score (nSPS) is 11.9. The summed E-state index contributed by atoms with van der Waals surface area (Å²) in [6, 6.07) is 6.88. The molecule has 42 heavy (non-hydrogen) atoms. The van der Waals surface area contributed by atoms with Gasteiger partial charge in [0.25, 0.3) is 5.91 Å². The maximum atomic E-state index is 12.9. The third-order valence-corrected chi connectivity index (χ3v) is 6.32. The largest absolute Gasteiger partial charge is 0.369 e. The van der Waals surface area contributed by atoms with Crippen molar-refractivity contribution in [1.29, 1.82) is 0 Å². The Morgan fingerprint density at radius 3 is 2.60 bits per heavy atom. The lowest BCUT2D eigenvalue weighted by atomic mass is 10.2. The van der Waals surface area contributed by atoms with E-state index in [-0.39, 0.29) is 17.7 Å². The van der Waals surface area contributed by atoms with E-state index >= 15 is 0 Å². The van der Waals surface area contributed by atoms with Gasteiger partial charge < -0.3 is 31.1 Å². The first kappa shape index (κ1) is 31.9. The maximum absolute atomic E-state index is 12.9. The average Bonchev–Trinajstić information content (AvgIpc) is 2.98. The number of rotatable bonds is 15. The summed E-state index contributed by atoms with van der Waals surface area (Å²) in [6.07, 6.45) is 7.70. The van der Waals surface area contributed by atoms with Crippen LogP contribution in [0.3, 0.4) is 0 Å². The molecule has 4 N–H and O–H groups in total. The van der Waals surface area contributed by atoms with Crippen molar-refractivity contribution in [2.45, 2.75) is 32.7 Å². The first-order valence-corrected chi connectivity index (χ1v) is 13.9. The molecule has 13 heteroatoms. The van der Waals surface area contributed by atoms with Crippen LogP contribution in [0.15, 0.2) is 48.8 Å². The number of benzene rings is 1. The SMILES string of the molecule is CCCNc1nc(Nc2ccc3nnccc3c2)ncc1C(=O)NCCCNC(=O)[C@H](C)N(C)C(=O)C=CCN(C)C. The highest BCUT2D eigenvalue weighted by Gasteiger charge is 2.20. The second-order valence-electron chi connectivity index (χ2n) is 10.0. The Balaban J connectivity index is 1.51. The lowest BCUT2D eigenvalue weighted by Gasteiger charge is -2.23. The molecule has 3 aromatic rings. The Kier molecular flexibility index (Phi) is 12.1. The molecule has 3 amide bonds. The number of carbonyl (C=O) groups excluding carboxylic acids is 3. The number of aromatic nitrogens is 4. The Labute approximate surface area is 246 Å². The number of nitrogens with zero attached hydrogens (tertiary/aromatic N) is 6. The second kappa shape index (κ2) is 16.0. The van der Waals surface area contributed by atoms with Crippen LogP contribution in [0.1, 0.15) is 37.0 Å². The monoisotopic (exact) mass is 576 g/mol. The Morgan fingerprint density at radius 1 is 1.05 bits per heavy atom. The molecule has 0 aliphatic rings. The van der Waals surface area contributed by atoms with E-state index in [4.69, 9.17) is 0 Å². The molecule has 1 atom stereocenters. The third-order valence-electron chi connectivity index (χ3n) is 6.32. The fourth-order valence-corrected chi connectivity index (χ4v) is 3.77. The zero-order valence-corrected chi connectivity index (χ0v) is 24.8. The fraction of sp³-hybridized carbons (Fsp3) is 0.414. The Morgan fingerprint density at radius 2 is 1.83 bits per heavy atom. The zero-order valence-electron chi connectivity index (χ0n) is 24.8. The van der Waals surface area contributed by atoms with E-state index in [1.165, 1.54) is 17.2 Å². The van der Waals surface area contributed by atoms with Crippen molar-refractivity contribution < 1.29 is 14.4 Å². The zero-order chi connectivity index (χ0) is 30.5. The number of anilines is 3. The van der Waals surface area contributed by atoms with Gasteiger partial charge in [-0.15, -0.1) is 0 Å². The lowest BCUT2D eigenvalue weighted by Crippen LogP contribution is -2.46. The number of hydrogen-bond acceptors (Lipinski definition) is 10. The van der Waals surface area contributed by atoms with Crippen LogP contribution in [0, 0.1) is 0 Å². The number of amides is 3. The average molecular weight is 577 g/mol. The molecule has 2 aromatic heterocycles. The predicted molar refractivity (Wildman–Crippen MR) is 164 cm³/mol. The van der Waals surface area contributed by atoms with E-state index in [0.717, 1.165) is 23.0 Å². The van der Waals surface area contributed by atoms with Crippen LogP contribution in [-0.2, 0) is 9.59 Å². The first-order valence-electron chi connectivity index (χ1n) is 13.9. The Bertz CT molecular complexity index is 1400. The molecular formula is C29H40N10O3. The molecule has 0 aliphatic heterocycles. The van der Waals surface area contributed by atoms with Crippen molar-refractivity contribution in [3.05, 3.63) is 54.4 Å². The van der Waals surface area contributed by atoms with Gasteiger partial charge in [0.2, 0.25) is 17.8 Å². The number of carbonyl (C=O) groups is 3. The fourth-order valence-electron chi connectivity index (χ4n) is 3.77. The summed E-state index contributed by atoms with van der Waals surface area (Å²) in [5.74, 6) is -0.0539. The number of fused-ring (bicyclic) bond motifs is 1. The van der Waals surface area contributed by atoms with Gasteiger partial charge in [-0.25, -0.2) is 4.98 Å². The van der Waals surface area contributed by atoms with E-state index < -0.39 is 6.04 Å². The molecule has 2 heterocycles. The second-order valence-corrected chi connectivity index (χ2v) is 10.0. The van der Waals surface area contributed by atoms with Gasteiger partial charge in [0, 0.05) is 56.6 Å². The van der Waals surface area contributed by atoms with Crippen LogP contribution < -0.4 is 21.3 Å². The smallest absolute Gasteiger partial charge is 0.256 e. The van der Waals surface area contributed by atoms with Crippen molar-refractivity contribution in [3.63, 3.8) is 0 Å². The molecule has 0 saturated carbocycles. The molecule has 0 fully saturated rings. The van der Waals surface area contributed by atoms with E-state index in [0.29, 0.717) is 49.9 Å². The summed E-state index contributed by atoms with van der Waals surface area (Å²) < 4.78 is 0. The molecule has 0 saturated heterocycles. The van der Waals surface area contributed by atoms with Crippen LogP contribution in [0.25, 0.3) is 10.9 Å². The van der Waals surface area contributed by atoms with Crippen LogP contribution in [-0.4, -0.2) is 101 Å². The molecule has 0 aliphatic carbocycles. The molecule has 0 spiro atoms. The van der Waals surface area contributed by atoms with E-state index in [9.17, 15) is 14.4 Å². The molecule has 3 rings (SSSR count).